The molecule has 0 aliphatic carbocycles. The van der Waals surface area contributed by atoms with Crippen LogP contribution in [0.25, 0.3) is 0 Å². The standard InChI is InChI=1S/C42H76NO10P/c1-3-5-7-9-11-13-15-17-19-21-23-25-27-29-31-33-40(44)50-35-38(36-51-54(48,49)52-37-39(43)42(46)47)53-41(45)34-32-30-28-26-24-22-20-18-16-14-12-10-8-6-4-2/h11,13,17-20,38-39H,3-10,12,14-16,21-37,43H2,1-2H3,(H,46,47)(H,48,49)/t38-,39+/m1/s1. The molecule has 0 bridgehead atoms. The number of carbonyl (C=O) groups excluding carboxylic acids is 2. The van der Waals surface area contributed by atoms with Crippen molar-refractivity contribution in [2.75, 3.05) is 19.8 Å². The van der Waals surface area contributed by atoms with E-state index in [1.165, 1.54) is 57.8 Å². The van der Waals surface area contributed by atoms with E-state index in [9.17, 15) is 23.8 Å². The molecule has 1 unspecified atom stereocenters. The molecule has 12 heteroatoms. The second-order valence-electron chi connectivity index (χ2n) is 14.1. The Bertz CT molecular complexity index is 1060. The third-order valence-corrected chi connectivity index (χ3v) is 9.81. The van der Waals surface area contributed by atoms with Crippen LogP contribution in [0, 0.1) is 0 Å². The van der Waals surface area contributed by atoms with Crippen LogP contribution in [0.3, 0.4) is 0 Å². The van der Waals surface area contributed by atoms with Crippen LogP contribution in [0.4, 0.5) is 0 Å². The highest BCUT2D eigenvalue weighted by atomic mass is 31.2. The summed E-state index contributed by atoms with van der Waals surface area (Å²) in [7, 11) is -4.72. The Morgan fingerprint density at radius 1 is 0.574 bits per heavy atom. The first-order valence-corrected chi connectivity index (χ1v) is 22.5. The molecule has 11 nitrogen and oxygen atoms in total. The summed E-state index contributed by atoms with van der Waals surface area (Å²) in [6, 6.07) is -1.52. The van der Waals surface area contributed by atoms with Crippen molar-refractivity contribution in [3.63, 3.8) is 0 Å². The monoisotopic (exact) mass is 786 g/mol. The molecule has 0 aromatic heterocycles. The fourth-order valence-electron chi connectivity index (χ4n) is 5.50. The van der Waals surface area contributed by atoms with Crippen LogP contribution in [0.2, 0.25) is 0 Å². The first-order chi connectivity index (χ1) is 26.1. The van der Waals surface area contributed by atoms with Crippen molar-refractivity contribution >= 4 is 25.7 Å². The van der Waals surface area contributed by atoms with Crippen LogP contribution in [0.1, 0.15) is 181 Å². The molecule has 0 spiro atoms. The molecule has 0 fully saturated rings. The van der Waals surface area contributed by atoms with Gasteiger partial charge in [-0.15, -0.1) is 0 Å². The van der Waals surface area contributed by atoms with Gasteiger partial charge in [-0.3, -0.25) is 23.4 Å². The molecule has 0 rings (SSSR count). The highest BCUT2D eigenvalue weighted by Gasteiger charge is 2.28. The molecule has 0 saturated carbocycles. The van der Waals surface area contributed by atoms with Gasteiger partial charge in [0.2, 0.25) is 0 Å². The number of hydrogen-bond donors (Lipinski definition) is 3. The number of aliphatic carboxylic acids is 1. The molecular weight excluding hydrogens is 709 g/mol. The van der Waals surface area contributed by atoms with Crippen molar-refractivity contribution in [2.45, 2.75) is 193 Å². The van der Waals surface area contributed by atoms with E-state index in [1.54, 1.807) is 0 Å². The Morgan fingerprint density at radius 2 is 0.981 bits per heavy atom. The number of unbranched alkanes of at least 4 members (excludes halogenated alkanes) is 19. The van der Waals surface area contributed by atoms with Gasteiger partial charge in [0.15, 0.2) is 6.10 Å². The van der Waals surface area contributed by atoms with Crippen molar-refractivity contribution in [2.24, 2.45) is 5.73 Å². The summed E-state index contributed by atoms with van der Waals surface area (Å²) >= 11 is 0. The number of esters is 2. The Hall–Kier alpha value is -2.30. The highest BCUT2D eigenvalue weighted by Crippen LogP contribution is 2.43. The molecule has 0 aromatic rings. The Labute approximate surface area is 327 Å². The minimum Gasteiger partial charge on any atom is -0.480 e. The van der Waals surface area contributed by atoms with Crippen LogP contribution in [0.15, 0.2) is 36.5 Å². The number of carboxylic acids is 1. The molecule has 0 heterocycles. The first kappa shape index (κ1) is 51.7. The lowest BCUT2D eigenvalue weighted by molar-refractivity contribution is -0.161. The van der Waals surface area contributed by atoms with E-state index < -0.39 is 51.1 Å². The highest BCUT2D eigenvalue weighted by molar-refractivity contribution is 7.47. The van der Waals surface area contributed by atoms with Gasteiger partial charge in [0, 0.05) is 12.8 Å². The molecule has 3 atom stereocenters. The quantitative estimate of drug-likeness (QED) is 0.0234. The minimum atomic E-state index is -4.72. The molecule has 0 radical (unpaired) electrons. The molecule has 314 valence electrons. The number of hydrogen-bond acceptors (Lipinski definition) is 9. The Balaban J connectivity index is 4.42. The third kappa shape index (κ3) is 36.7. The summed E-state index contributed by atoms with van der Waals surface area (Å²) in [6.45, 7) is 2.74. The van der Waals surface area contributed by atoms with Crippen LogP contribution >= 0.6 is 7.82 Å². The third-order valence-electron chi connectivity index (χ3n) is 8.86. The molecule has 54 heavy (non-hydrogen) atoms. The summed E-state index contributed by atoms with van der Waals surface area (Å²) in [5.74, 6) is -2.41. The van der Waals surface area contributed by atoms with Gasteiger partial charge in [-0.05, 0) is 70.6 Å². The lowest BCUT2D eigenvalue weighted by atomic mass is 10.1. The second kappa shape index (κ2) is 37.6. The fourth-order valence-corrected chi connectivity index (χ4v) is 6.28. The zero-order valence-electron chi connectivity index (χ0n) is 33.8. The summed E-state index contributed by atoms with van der Waals surface area (Å²) in [5, 5.41) is 8.88. The van der Waals surface area contributed by atoms with Gasteiger partial charge in [0.25, 0.3) is 0 Å². The number of ether oxygens (including phenoxy) is 2. The molecule has 0 saturated heterocycles. The van der Waals surface area contributed by atoms with Gasteiger partial charge < -0.3 is 25.2 Å². The largest absolute Gasteiger partial charge is 0.480 e. The average Bonchev–Trinajstić information content (AvgIpc) is 3.14. The maximum atomic E-state index is 12.6. The summed E-state index contributed by atoms with van der Waals surface area (Å²) in [4.78, 5) is 45.9. The van der Waals surface area contributed by atoms with E-state index in [0.29, 0.717) is 12.8 Å². The van der Waals surface area contributed by atoms with Gasteiger partial charge in [0.1, 0.15) is 12.6 Å². The zero-order chi connectivity index (χ0) is 40.0. The number of carbonyl (C=O) groups is 3. The normalized spacial score (nSPS) is 14.1. The van der Waals surface area contributed by atoms with E-state index >= 15 is 0 Å². The predicted octanol–water partition coefficient (Wildman–Crippen LogP) is 10.8. The molecule has 0 amide bonds. The van der Waals surface area contributed by atoms with Crippen molar-refractivity contribution in [1.82, 2.24) is 0 Å². The van der Waals surface area contributed by atoms with Gasteiger partial charge >= 0.3 is 25.7 Å². The molecule has 4 N–H and O–H groups in total. The lowest BCUT2D eigenvalue weighted by Gasteiger charge is -2.20. The topological polar surface area (TPSA) is 172 Å². The number of nitrogens with two attached hydrogens (primary N) is 1. The van der Waals surface area contributed by atoms with Gasteiger partial charge in [-0.25, -0.2) is 4.57 Å². The van der Waals surface area contributed by atoms with Gasteiger partial charge in [0.05, 0.1) is 13.2 Å². The summed E-state index contributed by atoms with van der Waals surface area (Å²) in [6.07, 6.45) is 39.2. The van der Waals surface area contributed by atoms with Crippen molar-refractivity contribution in [1.29, 1.82) is 0 Å². The van der Waals surface area contributed by atoms with E-state index in [2.05, 4.69) is 54.8 Å². The molecule has 0 aliphatic heterocycles. The van der Waals surface area contributed by atoms with E-state index in [0.717, 1.165) is 83.5 Å². The van der Waals surface area contributed by atoms with Gasteiger partial charge in [-0.1, -0.05) is 134 Å². The van der Waals surface area contributed by atoms with E-state index in [-0.39, 0.29) is 19.4 Å². The predicted molar refractivity (Wildman–Crippen MR) is 217 cm³/mol. The Morgan fingerprint density at radius 3 is 1.50 bits per heavy atom. The second-order valence-corrected chi connectivity index (χ2v) is 15.6. The number of phosphoric acid groups is 1. The van der Waals surface area contributed by atoms with Crippen molar-refractivity contribution < 1.29 is 47.5 Å². The number of phosphoric ester groups is 1. The summed E-state index contributed by atoms with van der Waals surface area (Å²) < 4.78 is 32.6. The van der Waals surface area contributed by atoms with E-state index in [4.69, 9.17) is 24.8 Å². The molecule has 0 aliphatic rings. The van der Waals surface area contributed by atoms with Crippen LogP contribution in [0.5, 0.6) is 0 Å². The average molecular weight is 786 g/mol. The van der Waals surface area contributed by atoms with E-state index in [1.807, 2.05) is 0 Å². The van der Waals surface area contributed by atoms with Crippen molar-refractivity contribution in [3.8, 4) is 0 Å². The minimum absolute atomic E-state index is 0.148. The SMILES string of the molecule is CCCCCC=CCC=CCCCCCCCC(=O)OC[C@H](COP(=O)(O)OC[C@H](N)C(=O)O)OC(=O)CCCCCCCC=CCCCCCCCC. The first-order valence-electron chi connectivity index (χ1n) is 21.0. The fraction of sp³-hybridized carbons (Fsp3) is 0.786. The van der Waals surface area contributed by atoms with Gasteiger partial charge in [-0.2, -0.15) is 0 Å². The van der Waals surface area contributed by atoms with Crippen LogP contribution in [-0.2, 0) is 37.5 Å². The summed E-state index contributed by atoms with van der Waals surface area (Å²) in [5.41, 5.74) is 5.32. The molecule has 0 aromatic carbocycles. The molecular formula is C42H76NO10P. The van der Waals surface area contributed by atoms with Crippen LogP contribution < -0.4 is 5.73 Å². The maximum absolute atomic E-state index is 12.6. The Kier molecular flexibility index (Phi) is 36.0. The lowest BCUT2D eigenvalue weighted by Crippen LogP contribution is -2.34. The smallest absolute Gasteiger partial charge is 0.472 e. The zero-order valence-corrected chi connectivity index (χ0v) is 34.7. The van der Waals surface area contributed by atoms with Crippen molar-refractivity contribution in [3.05, 3.63) is 36.5 Å². The van der Waals surface area contributed by atoms with Crippen LogP contribution in [-0.4, -0.2) is 59.9 Å². The number of allylic oxidation sites excluding steroid dienone is 6. The number of carboxylic acid groups (broad SMARTS) is 1. The number of rotatable bonds is 39. The maximum Gasteiger partial charge on any atom is 0.472 e.